The number of carbonyl (C=O) groups is 1. The molecule has 0 bridgehead atoms. The Morgan fingerprint density at radius 2 is 2.05 bits per heavy atom. The SMILES string of the molecule is CCOCCCCNC(=O)[C@@H](N)Cc1ccccc1. The van der Waals surface area contributed by atoms with E-state index in [4.69, 9.17) is 10.5 Å². The summed E-state index contributed by atoms with van der Waals surface area (Å²) in [7, 11) is 0. The van der Waals surface area contributed by atoms with Crippen molar-refractivity contribution in [2.45, 2.75) is 32.2 Å². The van der Waals surface area contributed by atoms with Crippen LogP contribution in [-0.4, -0.2) is 31.7 Å². The Hall–Kier alpha value is -1.39. The number of ether oxygens (including phenoxy) is 1. The van der Waals surface area contributed by atoms with Crippen LogP contribution in [0.2, 0.25) is 0 Å². The molecule has 0 radical (unpaired) electrons. The lowest BCUT2D eigenvalue weighted by molar-refractivity contribution is -0.122. The molecule has 1 rings (SSSR count). The van der Waals surface area contributed by atoms with Crippen LogP contribution in [0.3, 0.4) is 0 Å². The second-order valence-electron chi connectivity index (χ2n) is 4.49. The van der Waals surface area contributed by atoms with Crippen molar-refractivity contribution in [2.24, 2.45) is 5.73 Å². The maximum Gasteiger partial charge on any atom is 0.237 e. The highest BCUT2D eigenvalue weighted by Crippen LogP contribution is 2.01. The standard InChI is InChI=1S/C15H24N2O2/c1-2-19-11-7-6-10-17-15(18)14(16)12-13-8-4-3-5-9-13/h3-5,8-9,14H,2,6-7,10-12,16H2,1H3,(H,17,18)/t14-/m0/s1. The van der Waals surface area contributed by atoms with Crippen LogP contribution in [0, 0.1) is 0 Å². The van der Waals surface area contributed by atoms with Gasteiger partial charge in [0.2, 0.25) is 5.91 Å². The van der Waals surface area contributed by atoms with Crippen LogP contribution in [0.15, 0.2) is 30.3 Å². The first-order valence-corrected chi connectivity index (χ1v) is 6.89. The smallest absolute Gasteiger partial charge is 0.237 e. The second-order valence-corrected chi connectivity index (χ2v) is 4.49. The summed E-state index contributed by atoms with van der Waals surface area (Å²) in [5, 5.41) is 2.86. The Bertz CT molecular complexity index is 354. The van der Waals surface area contributed by atoms with E-state index in [-0.39, 0.29) is 5.91 Å². The molecule has 106 valence electrons. The number of benzene rings is 1. The number of nitrogens with two attached hydrogens (primary N) is 1. The van der Waals surface area contributed by atoms with E-state index in [1.165, 1.54) is 0 Å². The van der Waals surface area contributed by atoms with Crippen LogP contribution >= 0.6 is 0 Å². The topological polar surface area (TPSA) is 64.3 Å². The molecule has 4 nitrogen and oxygen atoms in total. The molecule has 1 aromatic carbocycles. The highest BCUT2D eigenvalue weighted by molar-refractivity contribution is 5.81. The first kappa shape index (κ1) is 15.7. The summed E-state index contributed by atoms with van der Waals surface area (Å²) in [4.78, 5) is 11.8. The molecule has 0 heterocycles. The quantitative estimate of drug-likeness (QED) is 0.664. The Balaban J connectivity index is 2.15. The lowest BCUT2D eigenvalue weighted by atomic mass is 10.1. The molecule has 0 spiro atoms. The van der Waals surface area contributed by atoms with Crippen LogP contribution in [0.25, 0.3) is 0 Å². The molecule has 0 fully saturated rings. The van der Waals surface area contributed by atoms with Gasteiger partial charge < -0.3 is 15.8 Å². The van der Waals surface area contributed by atoms with Gasteiger partial charge in [-0.1, -0.05) is 30.3 Å². The number of hydrogen-bond acceptors (Lipinski definition) is 3. The molecule has 19 heavy (non-hydrogen) atoms. The number of amides is 1. The third kappa shape index (κ3) is 6.94. The Morgan fingerprint density at radius 3 is 2.74 bits per heavy atom. The van der Waals surface area contributed by atoms with Gasteiger partial charge in [-0.2, -0.15) is 0 Å². The molecule has 3 N–H and O–H groups in total. The van der Waals surface area contributed by atoms with Crippen molar-refractivity contribution in [3.63, 3.8) is 0 Å². The minimum Gasteiger partial charge on any atom is -0.382 e. The van der Waals surface area contributed by atoms with Crippen LogP contribution < -0.4 is 11.1 Å². The van der Waals surface area contributed by atoms with Crippen molar-refractivity contribution in [1.29, 1.82) is 0 Å². The van der Waals surface area contributed by atoms with E-state index in [0.29, 0.717) is 13.0 Å². The zero-order valence-corrected chi connectivity index (χ0v) is 11.6. The average Bonchev–Trinajstić information content (AvgIpc) is 2.43. The highest BCUT2D eigenvalue weighted by atomic mass is 16.5. The Labute approximate surface area is 115 Å². The van der Waals surface area contributed by atoms with E-state index in [9.17, 15) is 4.79 Å². The first-order chi connectivity index (χ1) is 9.24. The largest absolute Gasteiger partial charge is 0.382 e. The zero-order chi connectivity index (χ0) is 13.9. The van der Waals surface area contributed by atoms with Crippen molar-refractivity contribution in [1.82, 2.24) is 5.32 Å². The van der Waals surface area contributed by atoms with Crippen LogP contribution in [0.1, 0.15) is 25.3 Å². The van der Waals surface area contributed by atoms with E-state index >= 15 is 0 Å². The summed E-state index contributed by atoms with van der Waals surface area (Å²) in [5.74, 6) is -0.0831. The molecular weight excluding hydrogens is 240 g/mol. The molecule has 0 aliphatic carbocycles. The fourth-order valence-electron chi connectivity index (χ4n) is 1.78. The van der Waals surface area contributed by atoms with E-state index < -0.39 is 6.04 Å². The molecule has 4 heteroatoms. The molecule has 0 aliphatic heterocycles. The van der Waals surface area contributed by atoms with Gasteiger partial charge in [0.05, 0.1) is 6.04 Å². The summed E-state index contributed by atoms with van der Waals surface area (Å²) < 4.78 is 5.23. The van der Waals surface area contributed by atoms with Crippen LogP contribution in [0.5, 0.6) is 0 Å². The van der Waals surface area contributed by atoms with Crippen molar-refractivity contribution in [3.05, 3.63) is 35.9 Å². The van der Waals surface area contributed by atoms with Gasteiger partial charge in [-0.25, -0.2) is 0 Å². The summed E-state index contributed by atoms with van der Waals surface area (Å²) in [5.41, 5.74) is 6.96. The Morgan fingerprint density at radius 1 is 1.32 bits per heavy atom. The molecule has 0 saturated heterocycles. The fraction of sp³-hybridized carbons (Fsp3) is 0.533. The minimum absolute atomic E-state index is 0.0831. The molecular formula is C15H24N2O2. The van der Waals surface area contributed by atoms with Crippen molar-refractivity contribution in [3.8, 4) is 0 Å². The number of nitrogens with one attached hydrogen (secondary N) is 1. The number of unbranched alkanes of at least 4 members (excludes halogenated alkanes) is 1. The lowest BCUT2D eigenvalue weighted by Gasteiger charge is -2.12. The predicted octanol–water partition coefficient (Wildman–Crippen LogP) is 1.49. The molecule has 0 aromatic heterocycles. The van der Waals surface area contributed by atoms with E-state index in [2.05, 4.69) is 5.32 Å². The lowest BCUT2D eigenvalue weighted by Crippen LogP contribution is -2.42. The van der Waals surface area contributed by atoms with Gasteiger partial charge in [0.1, 0.15) is 0 Å². The van der Waals surface area contributed by atoms with Gasteiger partial charge in [-0.3, -0.25) is 4.79 Å². The maximum absolute atomic E-state index is 11.8. The minimum atomic E-state index is -0.478. The van der Waals surface area contributed by atoms with Gasteiger partial charge in [0.15, 0.2) is 0 Å². The van der Waals surface area contributed by atoms with Crippen LogP contribution in [0.4, 0.5) is 0 Å². The van der Waals surface area contributed by atoms with E-state index in [1.807, 2.05) is 37.3 Å². The number of carbonyl (C=O) groups excluding carboxylic acids is 1. The monoisotopic (exact) mass is 264 g/mol. The highest BCUT2D eigenvalue weighted by Gasteiger charge is 2.12. The Kier molecular flexibility index (Phi) is 7.86. The summed E-state index contributed by atoms with van der Waals surface area (Å²) in [6, 6.07) is 9.34. The van der Waals surface area contributed by atoms with Gasteiger partial charge in [0, 0.05) is 19.8 Å². The summed E-state index contributed by atoms with van der Waals surface area (Å²) in [6.07, 6.45) is 2.46. The zero-order valence-electron chi connectivity index (χ0n) is 11.6. The average molecular weight is 264 g/mol. The van der Waals surface area contributed by atoms with Crippen molar-refractivity contribution in [2.75, 3.05) is 19.8 Å². The number of rotatable bonds is 9. The van der Waals surface area contributed by atoms with Crippen molar-refractivity contribution >= 4 is 5.91 Å². The maximum atomic E-state index is 11.8. The molecule has 0 saturated carbocycles. The third-order valence-electron chi connectivity index (χ3n) is 2.85. The van der Waals surface area contributed by atoms with Gasteiger partial charge >= 0.3 is 0 Å². The second kappa shape index (κ2) is 9.53. The molecule has 1 aromatic rings. The van der Waals surface area contributed by atoms with Gasteiger partial charge in [-0.05, 0) is 31.7 Å². The normalized spacial score (nSPS) is 12.1. The van der Waals surface area contributed by atoms with E-state index in [1.54, 1.807) is 0 Å². The molecule has 0 unspecified atom stereocenters. The molecule has 0 aliphatic rings. The third-order valence-corrected chi connectivity index (χ3v) is 2.85. The number of hydrogen-bond donors (Lipinski definition) is 2. The van der Waals surface area contributed by atoms with Crippen LogP contribution in [-0.2, 0) is 16.0 Å². The molecule has 1 atom stereocenters. The van der Waals surface area contributed by atoms with Gasteiger partial charge in [0.25, 0.3) is 0 Å². The first-order valence-electron chi connectivity index (χ1n) is 6.89. The van der Waals surface area contributed by atoms with Crippen molar-refractivity contribution < 1.29 is 9.53 Å². The predicted molar refractivity (Wildman–Crippen MR) is 76.9 cm³/mol. The van der Waals surface area contributed by atoms with E-state index in [0.717, 1.165) is 31.6 Å². The summed E-state index contributed by atoms with van der Waals surface area (Å²) >= 11 is 0. The molecule has 1 amide bonds. The summed E-state index contributed by atoms with van der Waals surface area (Å²) in [6.45, 7) is 4.13. The van der Waals surface area contributed by atoms with Gasteiger partial charge in [-0.15, -0.1) is 0 Å². The fourth-order valence-corrected chi connectivity index (χ4v) is 1.78.